The number of hydrogen-bond acceptors (Lipinski definition) is 9. The Bertz CT molecular complexity index is 1810. The van der Waals surface area contributed by atoms with Gasteiger partial charge in [-0.3, -0.25) is 14.8 Å². The van der Waals surface area contributed by atoms with Gasteiger partial charge < -0.3 is 24.1 Å². The molecule has 2 atom stereocenters. The summed E-state index contributed by atoms with van der Waals surface area (Å²) in [5, 5.41) is 11.1. The van der Waals surface area contributed by atoms with Crippen molar-refractivity contribution in [3.05, 3.63) is 111 Å². The molecule has 3 fully saturated rings. The summed E-state index contributed by atoms with van der Waals surface area (Å²) in [4.78, 5) is 35.2. The number of carbonyl (C=O) groups is 2. The maximum absolute atomic E-state index is 13.7. The number of ether oxygens (including phenoxy) is 4. The molecule has 12 heteroatoms. The van der Waals surface area contributed by atoms with Crippen molar-refractivity contribution in [1.29, 1.82) is 0 Å². The molecule has 0 unspecified atom stereocenters. The van der Waals surface area contributed by atoms with Gasteiger partial charge in [-0.2, -0.15) is 0 Å². The lowest BCUT2D eigenvalue weighted by molar-refractivity contribution is -0.0311. The van der Waals surface area contributed by atoms with Crippen molar-refractivity contribution in [2.24, 2.45) is 5.92 Å². The van der Waals surface area contributed by atoms with Gasteiger partial charge in [-0.05, 0) is 97.4 Å². The minimum atomic E-state index is -0.787. The average molecular weight is 721 g/mol. The lowest BCUT2D eigenvalue weighted by atomic mass is 9.86. The minimum absolute atomic E-state index is 0.0529. The van der Waals surface area contributed by atoms with E-state index in [1.165, 1.54) is 24.4 Å². The van der Waals surface area contributed by atoms with Crippen LogP contribution in [0.2, 0.25) is 10.0 Å². The standard InChI is InChI=1S/C38H39Cl2N3O7/c1-23-14-28(17-29(44)15-23)43(38(46)50-36-22-42-12-10-25(36)11-13-42)21-24-4-6-26(7-5-24)37(45)49-34(18-30-31(39)19-41-20-32(30)40)27-8-9-33(47-2)35(16-27)48-3/h4-9,14-17,19-20,25,34,36,44H,10-13,18,21-22H2,1-3H3/t34-,36-/m0/s1. The van der Waals surface area contributed by atoms with Crippen LogP contribution in [0.15, 0.2) is 73.1 Å². The zero-order valence-electron chi connectivity index (χ0n) is 28.1. The van der Waals surface area contributed by atoms with Crippen LogP contribution in [-0.4, -0.2) is 67.0 Å². The molecule has 262 valence electrons. The van der Waals surface area contributed by atoms with Crippen molar-refractivity contribution in [3.8, 4) is 17.2 Å². The number of hydrogen-bond donors (Lipinski definition) is 1. The second-order valence-electron chi connectivity index (χ2n) is 12.7. The number of halogens is 2. The summed E-state index contributed by atoms with van der Waals surface area (Å²) in [6.07, 6.45) is 3.73. The van der Waals surface area contributed by atoms with E-state index in [0.717, 1.165) is 43.6 Å². The van der Waals surface area contributed by atoms with Crippen LogP contribution in [0, 0.1) is 12.8 Å². The second-order valence-corrected chi connectivity index (χ2v) is 13.5. The van der Waals surface area contributed by atoms with Crippen molar-refractivity contribution < 1.29 is 33.6 Å². The maximum Gasteiger partial charge on any atom is 0.414 e. The molecule has 0 radical (unpaired) electrons. The lowest BCUT2D eigenvalue weighted by Gasteiger charge is -2.44. The van der Waals surface area contributed by atoms with Gasteiger partial charge >= 0.3 is 12.1 Å². The molecule has 0 aliphatic carbocycles. The van der Waals surface area contributed by atoms with Gasteiger partial charge in [-0.15, -0.1) is 0 Å². The molecule has 1 N–H and O–H groups in total. The molecule has 50 heavy (non-hydrogen) atoms. The molecule has 1 amide bonds. The molecule has 4 heterocycles. The molecule has 3 aliphatic rings. The Morgan fingerprint density at radius 2 is 1.66 bits per heavy atom. The highest BCUT2D eigenvalue weighted by Crippen LogP contribution is 2.36. The predicted molar refractivity (Wildman–Crippen MR) is 191 cm³/mol. The summed E-state index contributed by atoms with van der Waals surface area (Å²) in [7, 11) is 3.07. The van der Waals surface area contributed by atoms with Gasteiger partial charge in [0.2, 0.25) is 0 Å². The molecular formula is C38H39Cl2N3O7. The molecule has 3 aromatic carbocycles. The third kappa shape index (κ3) is 8.09. The van der Waals surface area contributed by atoms with E-state index in [0.29, 0.717) is 49.8 Å². The number of esters is 1. The normalized spacial score (nSPS) is 18.6. The summed E-state index contributed by atoms with van der Waals surface area (Å²) >= 11 is 12.9. The van der Waals surface area contributed by atoms with Gasteiger partial charge in [0.25, 0.3) is 0 Å². The average Bonchev–Trinajstić information content (AvgIpc) is 3.11. The molecule has 7 rings (SSSR count). The van der Waals surface area contributed by atoms with Gasteiger partial charge in [0.05, 0.1) is 42.1 Å². The van der Waals surface area contributed by atoms with Crippen molar-refractivity contribution >= 4 is 41.0 Å². The van der Waals surface area contributed by atoms with Crippen LogP contribution < -0.4 is 14.4 Å². The third-order valence-electron chi connectivity index (χ3n) is 9.33. The number of phenolic OH excluding ortho intramolecular Hbond substituents is 1. The van der Waals surface area contributed by atoms with Crippen LogP contribution in [0.5, 0.6) is 17.2 Å². The number of aryl methyl sites for hydroxylation is 1. The lowest BCUT2D eigenvalue weighted by Crippen LogP contribution is -2.53. The minimum Gasteiger partial charge on any atom is -0.508 e. The molecule has 3 saturated heterocycles. The van der Waals surface area contributed by atoms with Crippen molar-refractivity contribution in [3.63, 3.8) is 0 Å². The van der Waals surface area contributed by atoms with Gasteiger partial charge in [-0.25, -0.2) is 9.59 Å². The molecule has 0 spiro atoms. The number of carbonyl (C=O) groups excluding carboxylic acids is 2. The summed E-state index contributed by atoms with van der Waals surface area (Å²) in [5.41, 5.74) is 3.61. The molecular weight excluding hydrogens is 681 g/mol. The number of aromatic nitrogens is 1. The Hall–Kier alpha value is -4.51. The van der Waals surface area contributed by atoms with E-state index in [1.807, 2.05) is 13.0 Å². The fraction of sp³-hybridized carbons (Fsp3) is 0.342. The van der Waals surface area contributed by atoms with Gasteiger partial charge in [0.1, 0.15) is 18.0 Å². The van der Waals surface area contributed by atoms with Gasteiger partial charge in [0.15, 0.2) is 11.5 Å². The number of benzene rings is 3. The predicted octanol–water partition coefficient (Wildman–Crippen LogP) is 7.80. The number of anilines is 1. The number of rotatable bonds is 11. The summed E-state index contributed by atoms with van der Waals surface area (Å²) < 4.78 is 23.1. The highest BCUT2D eigenvalue weighted by molar-refractivity contribution is 6.35. The molecule has 10 nitrogen and oxygen atoms in total. The van der Waals surface area contributed by atoms with E-state index in [2.05, 4.69) is 9.88 Å². The van der Waals surface area contributed by atoms with Crippen LogP contribution in [0.4, 0.5) is 10.5 Å². The van der Waals surface area contributed by atoms with E-state index in [1.54, 1.807) is 61.7 Å². The molecule has 0 saturated carbocycles. The number of fused-ring (bicyclic) bond motifs is 3. The maximum atomic E-state index is 13.7. The molecule has 2 bridgehead atoms. The number of pyridine rings is 1. The van der Waals surface area contributed by atoms with Crippen LogP contribution in [0.1, 0.15) is 51.6 Å². The number of aromatic hydroxyl groups is 1. The smallest absolute Gasteiger partial charge is 0.414 e. The summed E-state index contributed by atoms with van der Waals surface area (Å²) in [6.45, 7) is 4.80. The zero-order chi connectivity index (χ0) is 35.4. The Balaban J connectivity index is 1.22. The fourth-order valence-electron chi connectivity index (χ4n) is 6.62. The molecule has 3 aliphatic heterocycles. The van der Waals surface area contributed by atoms with Crippen molar-refractivity contribution in [2.45, 2.75) is 44.9 Å². The van der Waals surface area contributed by atoms with Gasteiger partial charge in [-0.1, -0.05) is 41.4 Å². The van der Waals surface area contributed by atoms with Gasteiger partial charge in [0, 0.05) is 31.4 Å². The molecule has 4 aromatic rings. The first-order chi connectivity index (χ1) is 24.1. The van der Waals surface area contributed by atoms with E-state index in [-0.39, 0.29) is 24.8 Å². The number of piperidine rings is 3. The van der Waals surface area contributed by atoms with Crippen molar-refractivity contribution in [1.82, 2.24) is 9.88 Å². The van der Waals surface area contributed by atoms with Crippen molar-refractivity contribution in [2.75, 3.05) is 38.8 Å². The summed E-state index contributed by atoms with van der Waals surface area (Å²) in [6, 6.07) is 17.1. The van der Waals surface area contributed by atoms with E-state index in [9.17, 15) is 14.7 Å². The topological polar surface area (TPSA) is 111 Å². The van der Waals surface area contributed by atoms with E-state index >= 15 is 0 Å². The monoisotopic (exact) mass is 719 g/mol. The zero-order valence-corrected chi connectivity index (χ0v) is 29.6. The fourth-order valence-corrected chi connectivity index (χ4v) is 7.14. The largest absolute Gasteiger partial charge is 0.508 e. The Morgan fingerprint density at radius 1 is 0.960 bits per heavy atom. The second kappa shape index (κ2) is 15.6. The highest BCUT2D eigenvalue weighted by Gasteiger charge is 2.37. The van der Waals surface area contributed by atoms with E-state index in [4.69, 9.17) is 42.1 Å². The first kappa shape index (κ1) is 35.3. The first-order valence-corrected chi connectivity index (χ1v) is 17.2. The third-order valence-corrected chi connectivity index (χ3v) is 9.98. The van der Waals surface area contributed by atoms with Crippen LogP contribution in [0.25, 0.3) is 0 Å². The number of methoxy groups -OCH3 is 2. The first-order valence-electron chi connectivity index (χ1n) is 16.4. The Morgan fingerprint density at radius 3 is 2.28 bits per heavy atom. The molecule has 1 aromatic heterocycles. The van der Waals surface area contributed by atoms with E-state index < -0.39 is 18.2 Å². The van der Waals surface area contributed by atoms with Crippen LogP contribution in [-0.2, 0) is 22.4 Å². The number of nitrogens with zero attached hydrogens (tertiary/aromatic N) is 3. The Kier molecular flexibility index (Phi) is 11.0. The van der Waals surface area contributed by atoms with Crippen LogP contribution in [0.3, 0.4) is 0 Å². The quantitative estimate of drug-likeness (QED) is 0.155. The van der Waals surface area contributed by atoms with Crippen LogP contribution >= 0.6 is 23.2 Å². The Labute approximate surface area is 301 Å². The number of amides is 1. The number of phenols is 1. The highest BCUT2D eigenvalue weighted by atomic mass is 35.5. The summed E-state index contributed by atoms with van der Waals surface area (Å²) in [5.74, 6) is 0.827. The SMILES string of the molecule is COc1ccc([C@H](Cc2c(Cl)cncc2Cl)OC(=O)c2ccc(CN(C(=O)O[C@H]3CN4CCC3CC4)c3cc(C)cc(O)c3)cc2)cc1OC.